The van der Waals surface area contributed by atoms with E-state index in [2.05, 4.69) is 15.4 Å². The molecule has 7 heteroatoms. The van der Waals surface area contributed by atoms with E-state index in [1.807, 2.05) is 13.8 Å². The minimum Gasteiger partial charge on any atom is -0.480 e. The van der Waals surface area contributed by atoms with Crippen LogP contribution < -0.4 is 5.32 Å². The number of nitrogens with zero attached hydrogens (tertiary/aromatic N) is 3. The van der Waals surface area contributed by atoms with Crippen molar-refractivity contribution >= 4 is 12.4 Å². The summed E-state index contributed by atoms with van der Waals surface area (Å²) in [5.74, 6) is -0.144. The zero-order valence-electron chi connectivity index (χ0n) is 9.83. The van der Waals surface area contributed by atoms with Gasteiger partial charge in [0.25, 0.3) is 0 Å². The van der Waals surface area contributed by atoms with Crippen molar-refractivity contribution in [1.82, 2.24) is 20.1 Å². The number of rotatable bonds is 7. The van der Waals surface area contributed by atoms with Gasteiger partial charge in [0.1, 0.15) is 18.2 Å². The summed E-state index contributed by atoms with van der Waals surface area (Å²) in [7, 11) is 0. The number of aliphatic carboxylic acids is 1. The van der Waals surface area contributed by atoms with Crippen molar-refractivity contribution in [3.8, 4) is 0 Å². The van der Waals surface area contributed by atoms with Crippen LogP contribution in [0.2, 0.25) is 0 Å². The largest absolute Gasteiger partial charge is 0.480 e. The minimum absolute atomic E-state index is 0.126. The standard InChI is InChI=1S/C10H16N4O3/c1-7(2)4-14-9(11-5-13-14)3-8(10(16)17)12-6-15/h5-8H,3-4H2,1-2H3,(H,12,15)(H,16,17). The van der Waals surface area contributed by atoms with Gasteiger partial charge in [-0.3, -0.25) is 4.79 Å². The molecule has 0 aliphatic rings. The number of hydrogen-bond acceptors (Lipinski definition) is 4. The van der Waals surface area contributed by atoms with Gasteiger partial charge in [-0.1, -0.05) is 13.8 Å². The number of nitrogens with one attached hydrogen (secondary N) is 1. The summed E-state index contributed by atoms with van der Waals surface area (Å²) in [5.41, 5.74) is 0. The highest BCUT2D eigenvalue weighted by Crippen LogP contribution is 2.04. The zero-order chi connectivity index (χ0) is 12.8. The second kappa shape index (κ2) is 5.97. The van der Waals surface area contributed by atoms with Crippen LogP contribution in [0.1, 0.15) is 19.7 Å². The summed E-state index contributed by atoms with van der Waals surface area (Å²) in [5, 5.41) is 15.2. The fourth-order valence-corrected chi connectivity index (χ4v) is 1.43. The molecule has 17 heavy (non-hydrogen) atoms. The highest BCUT2D eigenvalue weighted by atomic mass is 16.4. The summed E-state index contributed by atoms with van der Waals surface area (Å²) in [6.07, 6.45) is 1.89. The Morgan fingerprint density at radius 3 is 2.88 bits per heavy atom. The maximum Gasteiger partial charge on any atom is 0.326 e. The molecule has 1 rings (SSSR count). The van der Waals surface area contributed by atoms with Gasteiger partial charge in [0.15, 0.2) is 0 Å². The molecular formula is C10H16N4O3. The van der Waals surface area contributed by atoms with E-state index in [-0.39, 0.29) is 6.42 Å². The Labute approximate surface area is 98.8 Å². The molecule has 0 bridgehead atoms. The van der Waals surface area contributed by atoms with Gasteiger partial charge in [-0.15, -0.1) is 0 Å². The summed E-state index contributed by atoms with van der Waals surface area (Å²) in [6, 6.07) is -0.970. The quantitative estimate of drug-likeness (QED) is 0.636. The molecule has 0 aromatic carbocycles. The third kappa shape index (κ3) is 3.86. The van der Waals surface area contributed by atoms with Crippen molar-refractivity contribution in [3.63, 3.8) is 0 Å². The Hall–Kier alpha value is -1.92. The maximum absolute atomic E-state index is 10.9. The average molecular weight is 240 g/mol. The first kappa shape index (κ1) is 13.1. The van der Waals surface area contributed by atoms with Crippen LogP contribution >= 0.6 is 0 Å². The van der Waals surface area contributed by atoms with Gasteiger partial charge in [0, 0.05) is 13.0 Å². The van der Waals surface area contributed by atoms with Crippen molar-refractivity contribution in [3.05, 3.63) is 12.2 Å². The number of carboxylic acid groups (broad SMARTS) is 1. The molecular weight excluding hydrogens is 224 g/mol. The molecule has 1 atom stereocenters. The minimum atomic E-state index is -1.09. The first-order valence-corrected chi connectivity index (χ1v) is 5.33. The Balaban J connectivity index is 2.75. The molecule has 0 saturated carbocycles. The van der Waals surface area contributed by atoms with Crippen LogP contribution in [0.3, 0.4) is 0 Å². The molecule has 0 aliphatic carbocycles. The molecule has 1 heterocycles. The molecule has 0 aliphatic heterocycles. The third-order valence-corrected chi connectivity index (χ3v) is 2.19. The Bertz CT molecular complexity index is 389. The highest BCUT2D eigenvalue weighted by molar-refractivity contribution is 5.76. The second-order valence-corrected chi connectivity index (χ2v) is 4.13. The molecule has 0 saturated heterocycles. The van der Waals surface area contributed by atoms with E-state index in [1.54, 1.807) is 4.68 Å². The van der Waals surface area contributed by atoms with Gasteiger partial charge < -0.3 is 10.4 Å². The summed E-state index contributed by atoms with van der Waals surface area (Å²) in [4.78, 5) is 25.2. The van der Waals surface area contributed by atoms with Crippen LogP contribution in [0.25, 0.3) is 0 Å². The Morgan fingerprint density at radius 1 is 1.65 bits per heavy atom. The third-order valence-electron chi connectivity index (χ3n) is 2.19. The Morgan fingerprint density at radius 2 is 2.35 bits per heavy atom. The van der Waals surface area contributed by atoms with Crippen LogP contribution in [0.5, 0.6) is 0 Å². The topological polar surface area (TPSA) is 97.1 Å². The molecule has 2 N–H and O–H groups in total. The number of amides is 1. The van der Waals surface area contributed by atoms with Crippen molar-refractivity contribution < 1.29 is 14.7 Å². The average Bonchev–Trinajstić information content (AvgIpc) is 2.64. The van der Waals surface area contributed by atoms with Crippen LogP contribution in [-0.4, -0.2) is 38.3 Å². The van der Waals surface area contributed by atoms with Crippen molar-refractivity contribution in [2.75, 3.05) is 0 Å². The zero-order valence-corrected chi connectivity index (χ0v) is 9.83. The first-order valence-electron chi connectivity index (χ1n) is 5.33. The first-order chi connectivity index (χ1) is 8.04. The van der Waals surface area contributed by atoms with Crippen LogP contribution in [-0.2, 0) is 22.6 Å². The molecule has 1 amide bonds. The predicted octanol–water partition coefficient (Wildman–Crippen LogP) is -0.324. The molecule has 0 fully saturated rings. The number of carbonyl (C=O) groups is 2. The number of aromatic nitrogens is 3. The summed E-state index contributed by atoms with van der Waals surface area (Å²) in [6.45, 7) is 4.73. The SMILES string of the molecule is CC(C)Cn1ncnc1CC(NC=O)C(=O)O. The number of carbonyl (C=O) groups excluding carboxylic acids is 1. The second-order valence-electron chi connectivity index (χ2n) is 4.13. The molecule has 1 aromatic rings. The molecule has 1 unspecified atom stereocenters. The Kier molecular flexibility index (Phi) is 4.62. The van der Waals surface area contributed by atoms with Crippen LogP contribution in [0, 0.1) is 5.92 Å². The van der Waals surface area contributed by atoms with E-state index in [4.69, 9.17) is 5.11 Å². The van der Waals surface area contributed by atoms with E-state index < -0.39 is 12.0 Å². The fourth-order valence-electron chi connectivity index (χ4n) is 1.43. The lowest BCUT2D eigenvalue weighted by Gasteiger charge is -2.12. The van der Waals surface area contributed by atoms with Crippen molar-refractivity contribution in [2.24, 2.45) is 5.92 Å². The van der Waals surface area contributed by atoms with E-state index in [9.17, 15) is 9.59 Å². The van der Waals surface area contributed by atoms with Crippen LogP contribution in [0.15, 0.2) is 6.33 Å². The van der Waals surface area contributed by atoms with Crippen molar-refractivity contribution in [2.45, 2.75) is 32.9 Å². The van der Waals surface area contributed by atoms with Gasteiger partial charge in [0.2, 0.25) is 6.41 Å². The van der Waals surface area contributed by atoms with Crippen LogP contribution in [0.4, 0.5) is 0 Å². The fraction of sp³-hybridized carbons (Fsp3) is 0.600. The lowest BCUT2D eigenvalue weighted by molar-refractivity contribution is -0.140. The van der Waals surface area contributed by atoms with E-state index in [0.717, 1.165) is 0 Å². The predicted molar refractivity (Wildman–Crippen MR) is 59.2 cm³/mol. The monoisotopic (exact) mass is 240 g/mol. The normalized spacial score (nSPS) is 12.4. The summed E-state index contributed by atoms with van der Waals surface area (Å²) < 4.78 is 1.66. The van der Waals surface area contributed by atoms with E-state index in [0.29, 0.717) is 24.7 Å². The lowest BCUT2D eigenvalue weighted by Crippen LogP contribution is -2.38. The van der Waals surface area contributed by atoms with Gasteiger partial charge >= 0.3 is 5.97 Å². The molecule has 0 radical (unpaired) electrons. The summed E-state index contributed by atoms with van der Waals surface area (Å²) >= 11 is 0. The maximum atomic E-state index is 10.9. The van der Waals surface area contributed by atoms with Gasteiger partial charge in [-0.05, 0) is 5.92 Å². The molecule has 0 spiro atoms. The lowest BCUT2D eigenvalue weighted by atomic mass is 10.2. The van der Waals surface area contributed by atoms with Gasteiger partial charge in [0.05, 0.1) is 0 Å². The number of carboxylic acids is 1. The van der Waals surface area contributed by atoms with Gasteiger partial charge in [-0.2, -0.15) is 5.10 Å². The van der Waals surface area contributed by atoms with E-state index >= 15 is 0 Å². The molecule has 94 valence electrons. The van der Waals surface area contributed by atoms with Gasteiger partial charge in [-0.25, -0.2) is 14.5 Å². The highest BCUT2D eigenvalue weighted by Gasteiger charge is 2.20. The molecule has 7 nitrogen and oxygen atoms in total. The van der Waals surface area contributed by atoms with Crippen molar-refractivity contribution in [1.29, 1.82) is 0 Å². The van der Waals surface area contributed by atoms with E-state index in [1.165, 1.54) is 6.33 Å². The number of hydrogen-bond donors (Lipinski definition) is 2. The molecule has 1 aromatic heterocycles. The smallest absolute Gasteiger partial charge is 0.326 e.